The fourth-order valence-corrected chi connectivity index (χ4v) is 8.56. The van der Waals surface area contributed by atoms with Crippen LogP contribution in [-0.4, -0.2) is 130 Å². The molecule has 310 valence electrons. The third-order valence-electron chi connectivity index (χ3n) is 9.24. The molecule has 2 aliphatic rings. The normalized spacial score (nSPS) is 23.6. The molecule has 1 aromatic heterocycles. The number of hydrogen-bond acceptors (Lipinski definition) is 11. The average molecular weight is 832 g/mol. The second-order valence-electron chi connectivity index (χ2n) is 13.5. The Morgan fingerprint density at radius 2 is 1.63 bits per heavy atom. The van der Waals surface area contributed by atoms with Crippen molar-refractivity contribution in [3.05, 3.63) is 36.0 Å². The van der Waals surface area contributed by atoms with Crippen LogP contribution in [0.5, 0.6) is 0 Å². The molecule has 0 aliphatic carbocycles. The number of H-pyrrole nitrogens is 1. The fraction of sp³-hybridized carbons (Fsp3) is 0.514. The Labute approximate surface area is 335 Å². The monoisotopic (exact) mass is 831 g/mol. The number of aromatic nitrogens is 1. The van der Waals surface area contributed by atoms with Gasteiger partial charge in [0.25, 0.3) is 0 Å². The Bertz CT molecular complexity index is 1840. The summed E-state index contributed by atoms with van der Waals surface area (Å²) in [5, 5.41) is 23.1. The summed E-state index contributed by atoms with van der Waals surface area (Å²) in [4.78, 5) is 114. The molecule has 7 amide bonds. The number of aliphatic imine (C=N–C) groups is 1. The molecule has 57 heavy (non-hydrogen) atoms. The lowest BCUT2D eigenvalue weighted by Gasteiger charge is -2.30. The Kier molecular flexibility index (Phi) is 16.8. The number of primary amides is 1. The predicted molar refractivity (Wildman–Crippen MR) is 213 cm³/mol. The van der Waals surface area contributed by atoms with Crippen molar-refractivity contribution in [3.8, 4) is 0 Å². The van der Waals surface area contributed by atoms with Gasteiger partial charge in [0, 0.05) is 54.5 Å². The van der Waals surface area contributed by atoms with Crippen molar-refractivity contribution >= 4 is 85.8 Å². The molecule has 4 rings (SSSR count). The third kappa shape index (κ3) is 13.6. The molecule has 20 nitrogen and oxygen atoms in total. The lowest BCUT2D eigenvalue weighted by Crippen LogP contribution is -2.59. The number of para-hydroxylation sites is 1. The van der Waals surface area contributed by atoms with Gasteiger partial charge in [-0.05, 0) is 43.7 Å². The van der Waals surface area contributed by atoms with Crippen LogP contribution < -0.4 is 43.8 Å². The molecule has 0 bridgehead atoms. The number of aliphatic carboxylic acids is 1. The van der Waals surface area contributed by atoms with E-state index in [-0.39, 0.29) is 56.2 Å². The molecule has 1 aromatic carbocycles. The zero-order valence-corrected chi connectivity index (χ0v) is 32.8. The van der Waals surface area contributed by atoms with Gasteiger partial charge < -0.3 is 58.8 Å². The van der Waals surface area contributed by atoms with Crippen LogP contribution in [0.15, 0.2) is 35.5 Å². The summed E-state index contributed by atoms with van der Waals surface area (Å²) in [5.74, 6) is -6.35. The molecule has 0 saturated carbocycles. The molecule has 2 saturated heterocycles. The highest BCUT2D eigenvalue weighted by atomic mass is 33.1. The number of nitrogens with zero attached hydrogens (tertiary/aromatic N) is 2. The Hall–Kier alpha value is -5.51. The number of unbranched alkanes of at least 4 members (excludes halogenated alkanes) is 1. The smallest absolute Gasteiger partial charge is 0.305 e. The van der Waals surface area contributed by atoms with Crippen LogP contribution in [0.25, 0.3) is 10.9 Å². The van der Waals surface area contributed by atoms with Gasteiger partial charge in [0.15, 0.2) is 5.96 Å². The predicted octanol–water partition coefficient (Wildman–Crippen LogP) is -2.05. The molecule has 0 spiro atoms. The minimum absolute atomic E-state index is 0.0195. The van der Waals surface area contributed by atoms with E-state index in [4.69, 9.17) is 17.2 Å². The minimum Gasteiger partial charge on any atom is -0.481 e. The van der Waals surface area contributed by atoms with Crippen molar-refractivity contribution in [2.24, 2.45) is 22.2 Å². The molecule has 2 aliphatic heterocycles. The summed E-state index contributed by atoms with van der Waals surface area (Å²) in [6.45, 7) is -0.233. The van der Waals surface area contributed by atoms with Crippen LogP contribution in [0, 0.1) is 0 Å². The highest BCUT2D eigenvalue weighted by Crippen LogP contribution is 2.25. The number of carboxylic acid groups (broad SMARTS) is 1. The molecule has 22 heteroatoms. The molecule has 2 aromatic rings. The van der Waals surface area contributed by atoms with Gasteiger partial charge in [-0.25, -0.2) is 0 Å². The largest absolute Gasteiger partial charge is 0.481 e. The maximum atomic E-state index is 14.3. The number of fused-ring (bicyclic) bond motifs is 2. The summed E-state index contributed by atoms with van der Waals surface area (Å²) in [7, 11) is 2.45. The number of carboxylic acids is 1. The standard InChI is InChI=1S/C35H49N11O9S2/c36-30(51)25-18-57-56-13-10-27(47)42-22(8-3-4-11-39-35(37)38)31(52)41-17-28(48)43-23(15-29(49)50)32(53)44-24(14-19-16-40-21-7-2-1-6-20(19)21)34(55)46-12-5-9-26(46)33(54)45-25/h1-2,6-7,16,22-26,40H,3-5,8-15,17-18H2,(H2,36,51)(H,41,52)(H,42,47)(H,43,48)(H,44,53)(H,45,54)(H,49,50)(H4,37,38,39)/t22-,23+,24+,25+,26-/m0/s1. The number of nitrogens with two attached hydrogens (primary N) is 3. The molecule has 2 fully saturated rings. The molecule has 0 radical (unpaired) electrons. The van der Waals surface area contributed by atoms with E-state index in [0.717, 1.165) is 10.9 Å². The summed E-state index contributed by atoms with van der Waals surface area (Å²) < 4.78 is 0. The Morgan fingerprint density at radius 1 is 0.877 bits per heavy atom. The van der Waals surface area contributed by atoms with Gasteiger partial charge in [0.2, 0.25) is 41.4 Å². The van der Waals surface area contributed by atoms with E-state index in [1.807, 2.05) is 18.2 Å². The van der Waals surface area contributed by atoms with E-state index in [1.165, 1.54) is 26.5 Å². The third-order valence-corrected chi connectivity index (χ3v) is 11.7. The number of carbonyl (C=O) groups excluding carboxylic acids is 7. The number of hydrogen-bond donors (Lipinski definition) is 10. The van der Waals surface area contributed by atoms with Gasteiger partial charge in [-0.2, -0.15) is 0 Å². The zero-order chi connectivity index (χ0) is 41.5. The number of aromatic amines is 1. The second-order valence-corrected chi connectivity index (χ2v) is 16.1. The van der Waals surface area contributed by atoms with Crippen molar-refractivity contribution in [1.82, 2.24) is 36.5 Å². The van der Waals surface area contributed by atoms with E-state index < -0.39 is 90.5 Å². The number of guanidine groups is 1. The van der Waals surface area contributed by atoms with E-state index >= 15 is 0 Å². The summed E-state index contributed by atoms with van der Waals surface area (Å²) in [6, 6.07) is 1.07. The lowest BCUT2D eigenvalue weighted by molar-refractivity contribution is -0.143. The first kappa shape index (κ1) is 44.2. The van der Waals surface area contributed by atoms with Crippen LogP contribution in [0.1, 0.15) is 50.5 Å². The number of benzene rings is 1. The average Bonchev–Trinajstić information content (AvgIpc) is 3.82. The Morgan fingerprint density at radius 3 is 2.37 bits per heavy atom. The van der Waals surface area contributed by atoms with Crippen LogP contribution in [0.4, 0.5) is 0 Å². The van der Waals surface area contributed by atoms with Crippen LogP contribution in [0.2, 0.25) is 0 Å². The quantitative estimate of drug-likeness (QED) is 0.0534. The van der Waals surface area contributed by atoms with Gasteiger partial charge >= 0.3 is 5.97 Å². The van der Waals surface area contributed by atoms with E-state index in [0.29, 0.717) is 24.8 Å². The van der Waals surface area contributed by atoms with Gasteiger partial charge in [-0.3, -0.25) is 43.3 Å². The fourth-order valence-electron chi connectivity index (χ4n) is 6.39. The van der Waals surface area contributed by atoms with Gasteiger partial charge in [-0.15, -0.1) is 0 Å². The van der Waals surface area contributed by atoms with Crippen LogP contribution in [-0.2, 0) is 44.8 Å². The van der Waals surface area contributed by atoms with Gasteiger partial charge in [0.05, 0.1) is 13.0 Å². The van der Waals surface area contributed by atoms with Crippen LogP contribution >= 0.6 is 21.6 Å². The van der Waals surface area contributed by atoms with E-state index in [2.05, 4.69) is 36.6 Å². The SMILES string of the molecule is NC(=O)[C@H]1CSSCCC(=O)N[C@@H](CCCCN=C(N)N)C(=O)NCC(=O)N[C@H](CC(=O)O)C(=O)N[C@H](Cc2c[nH]c3ccccc23)C(=O)N2CCC[C@H]2C(=O)N1. The van der Waals surface area contributed by atoms with Gasteiger partial charge in [0.1, 0.15) is 30.2 Å². The first-order valence-electron chi connectivity index (χ1n) is 18.4. The molecule has 13 N–H and O–H groups in total. The first-order valence-corrected chi connectivity index (χ1v) is 20.9. The summed E-state index contributed by atoms with van der Waals surface area (Å²) in [5.41, 5.74) is 17.8. The Balaban J connectivity index is 1.61. The molecular formula is C35H49N11O9S2. The number of carbonyl (C=O) groups is 8. The molecule has 3 heterocycles. The zero-order valence-electron chi connectivity index (χ0n) is 31.1. The topological polar surface area (TPSA) is 326 Å². The maximum Gasteiger partial charge on any atom is 0.305 e. The maximum absolute atomic E-state index is 14.3. The van der Waals surface area contributed by atoms with E-state index in [9.17, 15) is 43.5 Å². The second kappa shape index (κ2) is 21.7. The summed E-state index contributed by atoms with van der Waals surface area (Å²) >= 11 is 0. The highest BCUT2D eigenvalue weighted by molar-refractivity contribution is 8.76. The van der Waals surface area contributed by atoms with Crippen molar-refractivity contribution in [3.63, 3.8) is 0 Å². The van der Waals surface area contributed by atoms with E-state index in [1.54, 1.807) is 12.3 Å². The van der Waals surface area contributed by atoms with Crippen LogP contribution in [0.3, 0.4) is 0 Å². The molecule has 5 atom stereocenters. The number of rotatable bonds is 10. The molecule has 0 unspecified atom stereocenters. The number of nitrogens with one attached hydrogen (secondary N) is 6. The highest BCUT2D eigenvalue weighted by Gasteiger charge is 2.40. The van der Waals surface area contributed by atoms with Crippen molar-refractivity contribution in [2.45, 2.75) is 81.6 Å². The van der Waals surface area contributed by atoms with Crippen molar-refractivity contribution < 1.29 is 43.5 Å². The van der Waals surface area contributed by atoms with Crippen molar-refractivity contribution in [1.29, 1.82) is 0 Å². The first-order chi connectivity index (χ1) is 27.2. The molecular weight excluding hydrogens is 783 g/mol. The minimum atomic E-state index is -1.68. The van der Waals surface area contributed by atoms with Gasteiger partial charge in [-0.1, -0.05) is 39.8 Å². The number of amides is 7. The summed E-state index contributed by atoms with van der Waals surface area (Å²) in [6.07, 6.45) is 2.48. The van der Waals surface area contributed by atoms with Crippen molar-refractivity contribution in [2.75, 3.05) is 31.1 Å². The lowest BCUT2D eigenvalue weighted by atomic mass is 10.0.